The Morgan fingerprint density at radius 2 is 2.40 bits per heavy atom. The molecular weight excluding hydrogens is 196 g/mol. The van der Waals surface area contributed by atoms with E-state index in [1.54, 1.807) is 6.92 Å². The summed E-state index contributed by atoms with van der Waals surface area (Å²) in [6.07, 6.45) is 1.33. The molecule has 0 aliphatic heterocycles. The molecule has 15 heavy (non-hydrogen) atoms. The van der Waals surface area contributed by atoms with Crippen molar-refractivity contribution in [1.29, 1.82) is 5.26 Å². The van der Waals surface area contributed by atoms with Crippen LogP contribution in [0.4, 0.5) is 0 Å². The van der Waals surface area contributed by atoms with Crippen molar-refractivity contribution >= 4 is 5.97 Å². The molecule has 78 valence electrons. The van der Waals surface area contributed by atoms with Crippen LogP contribution in [-0.2, 0) is 4.74 Å². The van der Waals surface area contributed by atoms with Gasteiger partial charge in [0.1, 0.15) is 11.6 Å². The highest BCUT2D eigenvalue weighted by molar-refractivity contribution is 5.92. The lowest BCUT2D eigenvalue weighted by Gasteiger charge is -2.06. The van der Waals surface area contributed by atoms with Crippen molar-refractivity contribution in [3.63, 3.8) is 0 Å². The van der Waals surface area contributed by atoms with Crippen LogP contribution in [0.5, 0.6) is 5.88 Å². The van der Waals surface area contributed by atoms with Crippen molar-refractivity contribution in [2.24, 2.45) is 0 Å². The molecule has 5 nitrogen and oxygen atoms in total. The molecule has 5 heteroatoms. The van der Waals surface area contributed by atoms with E-state index in [1.165, 1.54) is 19.4 Å². The second kappa shape index (κ2) is 4.96. The average molecular weight is 206 g/mol. The summed E-state index contributed by atoms with van der Waals surface area (Å²) in [7, 11) is 1.40. The number of carbonyl (C=O) groups excluding carboxylic acids is 1. The Bertz CT molecular complexity index is 410. The van der Waals surface area contributed by atoms with E-state index in [9.17, 15) is 4.79 Å². The van der Waals surface area contributed by atoms with Crippen LogP contribution in [0.15, 0.2) is 12.3 Å². The van der Waals surface area contributed by atoms with Gasteiger partial charge >= 0.3 is 5.97 Å². The van der Waals surface area contributed by atoms with Gasteiger partial charge in [-0.3, -0.25) is 0 Å². The first kappa shape index (κ1) is 11.0. The van der Waals surface area contributed by atoms with Crippen LogP contribution in [0.2, 0.25) is 0 Å². The fourth-order valence-corrected chi connectivity index (χ4v) is 1.03. The minimum atomic E-state index is -0.543. The molecule has 0 bridgehead atoms. The van der Waals surface area contributed by atoms with Crippen LogP contribution in [0.1, 0.15) is 22.8 Å². The normalized spacial score (nSPS) is 9.13. The first-order chi connectivity index (χ1) is 7.22. The standard InChI is InChI=1S/C10H10N2O3/c1-3-15-10(13)8-4-7(5-11)6-12-9(8)14-2/h4,6H,3H2,1-2H3. The van der Waals surface area contributed by atoms with Crippen LogP contribution < -0.4 is 4.74 Å². The molecule has 0 unspecified atom stereocenters. The van der Waals surface area contributed by atoms with Crippen LogP contribution in [0.3, 0.4) is 0 Å². The van der Waals surface area contributed by atoms with Crippen molar-refractivity contribution in [2.75, 3.05) is 13.7 Å². The Morgan fingerprint density at radius 3 is 2.93 bits per heavy atom. The summed E-state index contributed by atoms with van der Waals surface area (Å²) >= 11 is 0. The lowest BCUT2D eigenvalue weighted by molar-refractivity contribution is 0.0521. The Kier molecular flexibility index (Phi) is 3.63. The van der Waals surface area contributed by atoms with Crippen molar-refractivity contribution in [3.8, 4) is 11.9 Å². The third-order valence-corrected chi connectivity index (χ3v) is 1.67. The maximum absolute atomic E-state index is 11.4. The molecule has 0 N–H and O–H groups in total. The predicted molar refractivity (Wildman–Crippen MR) is 51.5 cm³/mol. The number of ether oxygens (including phenoxy) is 2. The molecule has 0 fully saturated rings. The lowest BCUT2D eigenvalue weighted by Crippen LogP contribution is -2.08. The van der Waals surface area contributed by atoms with Gasteiger partial charge in [-0.15, -0.1) is 0 Å². The van der Waals surface area contributed by atoms with Crippen LogP contribution >= 0.6 is 0 Å². The van der Waals surface area contributed by atoms with E-state index in [0.717, 1.165) is 0 Å². The van der Waals surface area contributed by atoms with Gasteiger partial charge in [-0.25, -0.2) is 9.78 Å². The molecule has 0 aliphatic rings. The van der Waals surface area contributed by atoms with E-state index in [0.29, 0.717) is 5.56 Å². The maximum Gasteiger partial charge on any atom is 0.343 e. The third kappa shape index (κ3) is 2.44. The van der Waals surface area contributed by atoms with E-state index in [1.807, 2.05) is 6.07 Å². The van der Waals surface area contributed by atoms with Gasteiger partial charge in [0.15, 0.2) is 0 Å². The number of hydrogen-bond donors (Lipinski definition) is 0. The Hall–Kier alpha value is -2.09. The number of pyridine rings is 1. The number of hydrogen-bond acceptors (Lipinski definition) is 5. The van der Waals surface area contributed by atoms with E-state index in [4.69, 9.17) is 14.7 Å². The fourth-order valence-electron chi connectivity index (χ4n) is 1.03. The number of nitrogens with zero attached hydrogens (tertiary/aromatic N) is 2. The molecule has 1 aromatic rings. The molecule has 0 aliphatic carbocycles. The Morgan fingerprint density at radius 1 is 1.67 bits per heavy atom. The molecule has 0 spiro atoms. The molecule has 0 saturated carbocycles. The molecule has 0 atom stereocenters. The summed E-state index contributed by atoms with van der Waals surface area (Å²) < 4.78 is 9.69. The molecule has 1 aromatic heterocycles. The van der Waals surface area contributed by atoms with E-state index in [2.05, 4.69) is 4.98 Å². The molecule has 0 amide bonds. The number of nitriles is 1. The number of esters is 1. The largest absolute Gasteiger partial charge is 0.480 e. The molecule has 0 radical (unpaired) electrons. The summed E-state index contributed by atoms with van der Waals surface area (Å²) in [5.74, 6) is -0.383. The Balaban J connectivity index is 3.12. The minimum Gasteiger partial charge on any atom is -0.480 e. The average Bonchev–Trinajstić information content (AvgIpc) is 2.28. The van der Waals surface area contributed by atoms with Crippen LogP contribution in [0.25, 0.3) is 0 Å². The number of aromatic nitrogens is 1. The van der Waals surface area contributed by atoms with Crippen molar-refractivity contribution < 1.29 is 14.3 Å². The quantitative estimate of drug-likeness (QED) is 0.693. The van der Waals surface area contributed by atoms with E-state index in [-0.39, 0.29) is 18.1 Å². The summed E-state index contributed by atoms with van der Waals surface area (Å²) in [4.78, 5) is 15.3. The monoisotopic (exact) mass is 206 g/mol. The van der Waals surface area contributed by atoms with Crippen molar-refractivity contribution in [1.82, 2.24) is 4.98 Å². The highest BCUT2D eigenvalue weighted by Crippen LogP contribution is 2.16. The minimum absolute atomic E-state index is 0.160. The highest BCUT2D eigenvalue weighted by atomic mass is 16.5. The smallest absolute Gasteiger partial charge is 0.343 e. The zero-order valence-corrected chi connectivity index (χ0v) is 8.48. The van der Waals surface area contributed by atoms with Gasteiger partial charge in [-0.05, 0) is 13.0 Å². The molecular formula is C10H10N2O3. The summed E-state index contributed by atoms with van der Waals surface area (Å²) in [6.45, 7) is 1.96. The predicted octanol–water partition coefficient (Wildman–Crippen LogP) is 1.14. The molecule has 1 heterocycles. The van der Waals surface area contributed by atoms with Gasteiger partial charge in [-0.2, -0.15) is 5.26 Å². The summed E-state index contributed by atoms with van der Waals surface area (Å²) in [5, 5.41) is 8.65. The zero-order chi connectivity index (χ0) is 11.3. The second-order valence-electron chi connectivity index (χ2n) is 2.61. The second-order valence-corrected chi connectivity index (χ2v) is 2.61. The van der Waals surface area contributed by atoms with Gasteiger partial charge < -0.3 is 9.47 Å². The highest BCUT2D eigenvalue weighted by Gasteiger charge is 2.15. The van der Waals surface area contributed by atoms with E-state index >= 15 is 0 Å². The first-order valence-electron chi connectivity index (χ1n) is 4.34. The van der Waals surface area contributed by atoms with Gasteiger partial charge in [-0.1, -0.05) is 0 Å². The van der Waals surface area contributed by atoms with Crippen LogP contribution in [-0.4, -0.2) is 24.7 Å². The molecule has 0 saturated heterocycles. The van der Waals surface area contributed by atoms with Gasteiger partial charge in [0.05, 0.1) is 19.3 Å². The van der Waals surface area contributed by atoms with Gasteiger partial charge in [0.25, 0.3) is 0 Å². The van der Waals surface area contributed by atoms with Crippen molar-refractivity contribution in [2.45, 2.75) is 6.92 Å². The molecule has 1 rings (SSSR count). The fraction of sp³-hybridized carbons (Fsp3) is 0.300. The van der Waals surface area contributed by atoms with E-state index < -0.39 is 5.97 Å². The first-order valence-corrected chi connectivity index (χ1v) is 4.34. The topological polar surface area (TPSA) is 72.2 Å². The molecule has 0 aromatic carbocycles. The maximum atomic E-state index is 11.4. The van der Waals surface area contributed by atoms with Gasteiger partial charge in [0, 0.05) is 6.20 Å². The number of rotatable bonds is 3. The van der Waals surface area contributed by atoms with Gasteiger partial charge in [0.2, 0.25) is 5.88 Å². The SMILES string of the molecule is CCOC(=O)c1cc(C#N)cnc1OC. The summed E-state index contributed by atoms with van der Waals surface area (Å²) in [6, 6.07) is 3.28. The number of methoxy groups -OCH3 is 1. The number of carbonyl (C=O) groups is 1. The summed E-state index contributed by atoms with van der Waals surface area (Å²) in [5.41, 5.74) is 0.456. The lowest BCUT2D eigenvalue weighted by atomic mass is 10.2. The van der Waals surface area contributed by atoms with Crippen molar-refractivity contribution in [3.05, 3.63) is 23.4 Å². The zero-order valence-electron chi connectivity index (χ0n) is 8.48. The Labute approximate surface area is 87.3 Å². The third-order valence-electron chi connectivity index (χ3n) is 1.67. The van der Waals surface area contributed by atoms with Crippen LogP contribution in [0, 0.1) is 11.3 Å².